The number of nitrogens with two attached hydrogens (primary N) is 1. The van der Waals surface area contributed by atoms with Crippen molar-refractivity contribution >= 4 is 17.3 Å². The molecule has 16 heavy (non-hydrogen) atoms. The molecule has 0 saturated heterocycles. The van der Waals surface area contributed by atoms with Crippen molar-refractivity contribution in [3.8, 4) is 0 Å². The van der Waals surface area contributed by atoms with Crippen molar-refractivity contribution in [3.05, 3.63) is 36.9 Å². The first kappa shape index (κ1) is 12.3. The lowest BCUT2D eigenvalue weighted by Gasteiger charge is -2.13. The number of hydrogen-bond acceptors (Lipinski definition) is 2. The lowest BCUT2D eigenvalue weighted by Crippen LogP contribution is -2.21. The second kappa shape index (κ2) is 5.95. The molecule has 0 fully saturated rings. The minimum Gasteiger partial charge on any atom is -0.399 e. The van der Waals surface area contributed by atoms with Crippen molar-refractivity contribution in [1.29, 1.82) is 0 Å². The fourth-order valence-corrected chi connectivity index (χ4v) is 1.47. The minimum absolute atomic E-state index is 0.00458. The quantitative estimate of drug-likeness (QED) is 0.589. The van der Waals surface area contributed by atoms with E-state index >= 15 is 0 Å². The third-order valence-electron chi connectivity index (χ3n) is 2.49. The molecule has 0 aliphatic rings. The summed E-state index contributed by atoms with van der Waals surface area (Å²) in [7, 11) is 0. The van der Waals surface area contributed by atoms with E-state index in [1.165, 1.54) is 0 Å². The van der Waals surface area contributed by atoms with Gasteiger partial charge in [-0.1, -0.05) is 13.0 Å². The molecule has 1 amide bonds. The molecule has 1 atom stereocenters. The van der Waals surface area contributed by atoms with Crippen molar-refractivity contribution in [2.75, 3.05) is 11.1 Å². The van der Waals surface area contributed by atoms with Gasteiger partial charge in [0.15, 0.2) is 0 Å². The number of rotatable bonds is 5. The molecule has 0 radical (unpaired) electrons. The largest absolute Gasteiger partial charge is 0.399 e. The van der Waals surface area contributed by atoms with Gasteiger partial charge in [0.2, 0.25) is 5.91 Å². The van der Waals surface area contributed by atoms with E-state index < -0.39 is 0 Å². The van der Waals surface area contributed by atoms with E-state index in [-0.39, 0.29) is 11.8 Å². The van der Waals surface area contributed by atoms with Gasteiger partial charge in [-0.15, -0.1) is 6.58 Å². The average Bonchev–Trinajstić information content (AvgIpc) is 2.29. The van der Waals surface area contributed by atoms with Crippen LogP contribution >= 0.6 is 0 Å². The van der Waals surface area contributed by atoms with Crippen molar-refractivity contribution in [1.82, 2.24) is 0 Å². The monoisotopic (exact) mass is 218 g/mol. The Hall–Kier alpha value is -1.77. The van der Waals surface area contributed by atoms with Crippen LogP contribution in [0.2, 0.25) is 0 Å². The number of carbonyl (C=O) groups excluding carboxylic acids is 1. The second-order valence-electron chi connectivity index (χ2n) is 3.74. The van der Waals surface area contributed by atoms with Crippen LogP contribution in [0.4, 0.5) is 11.4 Å². The van der Waals surface area contributed by atoms with Crippen molar-refractivity contribution in [2.45, 2.75) is 19.8 Å². The Morgan fingerprint density at radius 2 is 2.12 bits per heavy atom. The van der Waals surface area contributed by atoms with Crippen LogP contribution in [-0.2, 0) is 4.79 Å². The predicted molar refractivity (Wildman–Crippen MR) is 68.1 cm³/mol. The zero-order chi connectivity index (χ0) is 12.0. The predicted octanol–water partition coefficient (Wildman–Crippen LogP) is 2.81. The molecular weight excluding hydrogens is 200 g/mol. The molecule has 3 nitrogen and oxygen atoms in total. The number of nitrogens with one attached hydrogen (secondary N) is 1. The smallest absolute Gasteiger partial charge is 0.227 e. The Morgan fingerprint density at radius 1 is 1.50 bits per heavy atom. The number of benzene rings is 1. The van der Waals surface area contributed by atoms with Crippen LogP contribution in [0.5, 0.6) is 0 Å². The third kappa shape index (κ3) is 3.42. The Morgan fingerprint density at radius 3 is 2.62 bits per heavy atom. The van der Waals surface area contributed by atoms with E-state index in [4.69, 9.17) is 5.73 Å². The van der Waals surface area contributed by atoms with Gasteiger partial charge in [0, 0.05) is 17.3 Å². The molecule has 0 saturated carbocycles. The molecule has 3 heteroatoms. The summed E-state index contributed by atoms with van der Waals surface area (Å²) in [5, 5.41) is 2.86. The fourth-order valence-electron chi connectivity index (χ4n) is 1.47. The van der Waals surface area contributed by atoms with Crippen LogP contribution in [0.15, 0.2) is 36.9 Å². The van der Waals surface area contributed by atoms with Crippen LogP contribution < -0.4 is 11.1 Å². The highest BCUT2D eigenvalue weighted by Crippen LogP contribution is 2.15. The summed E-state index contributed by atoms with van der Waals surface area (Å²) < 4.78 is 0. The Labute approximate surface area is 96.3 Å². The van der Waals surface area contributed by atoms with Crippen LogP contribution in [0.1, 0.15) is 19.8 Å². The first-order chi connectivity index (χ1) is 7.67. The highest BCUT2D eigenvalue weighted by atomic mass is 16.1. The lowest BCUT2D eigenvalue weighted by molar-refractivity contribution is -0.119. The molecule has 1 aromatic rings. The molecule has 0 aliphatic heterocycles. The highest BCUT2D eigenvalue weighted by Gasteiger charge is 2.14. The minimum atomic E-state index is -0.00458. The highest BCUT2D eigenvalue weighted by molar-refractivity contribution is 5.92. The summed E-state index contributed by atoms with van der Waals surface area (Å²) in [4.78, 5) is 11.8. The topological polar surface area (TPSA) is 55.1 Å². The lowest BCUT2D eigenvalue weighted by atomic mass is 10.0. The van der Waals surface area contributed by atoms with Gasteiger partial charge < -0.3 is 11.1 Å². The van der Waals surface area contributed by atoms with Gasteiger partial charge in [0.1, 0.15) is 0 Å². The van der Waals surface area contributed by atoms with Crippen LogP contribution in [0, 0.1) is 5.92 Å². The van der Waals surface area contributed by atoms with Gasteiger partial charge >= 0.3 is 0 Å². The number of carbonyl (C=O) groups is 1. The third-order valence-corrected chi connectivity index (χ3v) is 2.49. The van der Waals surface area contributed by atoms with Crippen molar-refractivity contribution in [2.24, 2.45) is 5.92 Å². The molecule has 1 aromatic carbocycles. The maximum absolute atomic E-state index is 11.8. The number of anilines is 2. The molecule has 0 unspecified atom stereocenters. The first-order valence-corrected chi connectivity index (χ1v) is 5.44. The summed E-state index contributed by atoms with van der Waals surface area (Å²) in [5.41, 5.74) is 7.04. The van der Waals surface area contributed by atoms with Crippen molar-refractivity contribution in [3.63, 3.8) is 0 Å². The zero-order valence-electron chi connectivity index (χ0n) is 9.57. The van der Waals surface area contributed by atoms with E-state index in [1.54, 1.807) is 30.3 Å². The molecule has 3 N–H and O–H groups in total. The van der Waals surface area contributed by atoms with E-state index in [2.05, 4.69) is 11.9 Å². The van der Waals surface area contributed by atoms with Crippen LogP contribution in [0.25, 0.3) is 0 Å². The van der Waals surface area contributed by atoms with Crippen molar-refractivity contribution < 1.29 is 4.79 Å². The van der Waals surface area contributed by atoms with Gasteiger partial charge in [-0.05, 0) is 37.1 Å². The SMILES string of the molecule is C=CC[C@H](CC)C(=O)Nc1ccc(N)cc1. The molecule has 0 spiro atoms. The molecule has 1 rings (SSSR count). The molecule has 0 bridgehead atoms. The zero-order valence-corrected chi connectivity index (χ0v) is 9.57. The average molecular weight is 218 g/mol. The normalized spacial score (nSPS) is 11.8. The summed E-state index contributed by atoms with van der Waals surface area (Å²) in [6.07, 6.45) is 3.29. The van der Waals surface area contributed by atoms with Gasteiger partial charge in [0.05, 0.1) is 0 Å². The summed E-state index contributed by atoms with van der Waals surface area (Å²) in [6, 6.07) is 7.13. The first-order valence-electron chi connectivity index (χ1n) is 5.44. The second-order valence-corrected chi connectivity index (χ2v) is 3.74. The molecule has 0 aromatic heterocycles. The summed E-state index contributed by atoms with van der Waals surface area (Å²) >= 11 is 0. The molecule has 0 heterocycles. The fraction of sp³-hybridized carbons (Fsp3) is 0.308. The molecular formula is C13H18N2O. The molecule has 0 aliphatic carbocycles. The number of nitrogen functional groups attached to an aromatic ring is 1. The molecule has 86 valence electrons. The van der Waals surface area contributed by atoms with Gasteiger partial charge in [-0.3, -0.25) is 4.79 Å². The van der Waals surface area contributed by atoms with E-state index in [9.17, 15) is 4.79 Å². The van der Waals surface area contributed by atoms with E-state index in [0.717, 1.165) is 12.1 Å². The Balaban J connectivity index is 2.62. The standard InChI is InChI=1S/C13H18N2O/c1-3-5-10(4-2)13(16)15-12-8-6-11(14)7-9-12/h3,6-10H,1,4-5,14H2,2H3,(H,15,16)/t10-/m0/s1. The van der Waals surface area contributed by atoms with E-state index in [0.29, 0.717) is 12.1 Å². The van der Waals surface area contributed by atoms with Gasteiger partial charge in [-0.2, -0.15) is 0 Å². The van der Waals surface area contributed by atoms with Crippen LogP contribution in [-0.4, -0.2) is 5.91 Å². The number of hydrogen-bond donors (Lipinski definition) is 2. The maximum Gasteiger partial charge on any atom is 0.227 e. The maximum atomic E-state index is 11.8. The Kier molecular flexibility index (Phi) is 4.58. The van der Waals surface area contributed by atoms with E-state index in [1.807, 2.05) is 6.92 Å². The van der Waals surface area contributed by atoms with Gasteiger partial charge in [0.25, 0.3) is 0 Å². The van der Waals surface area contributed by atoms with Gasteiger partial charge in [-0.25, -0.2) is 0 Å². The Bertz CT molecular complexity index is 357. The number of amides is 1. The van der Waals surface area contributed by atoms with Crippen LogP contribution in [0.3, 0.4) is 0 Å². The number of allylic oxidation sites excluding steroid dienone is 1. The summed E-state index contributed by atoms with van der Waals surface area (Å²) in [6.45, 7) is 5.65. The summed E-state index contributed by atoms with van der Waals surface area (Å²) in [5.74, 6) is 0.0298.